The number of nitrogens with zero attached hydrogens (tertiary/aromatic N) is 1. The van der Waals surface area contributed by atoms with Gasteiger partial charge in [0.05, 0.1) is 6.54 Å². The van der Waals surface area contributed by atoms with Gasteiger partial charge in [0.15, 0.2) is 6.26 Å². The molecule has 0 amide bonds. The number of carboxylic acids is 1. The fourth-order valence-electron chi connectivity index (χ4n) is 3.75. The molecule has 1 N–H and O–H groups in total. The first-order chi connectivity index (χ1) is 17.4. The third kappa shape index (κ3) is 7.66. The van der Waals surface area contributed by atoms with Crippen LogP contribution in [-0.2, 0) is 20.7 Å². The third-order valence-electron chi connectivity index (χ3n) is 5.55. The van der Waals surface area contributed by atoms with E-state index in [1.54, 1.807) is 24.1 Å². The van der Waals surface area contributed by atoms with Gasteiger partial charge in [-0.15, -0.1) is 0 Å². The van der Waals surface area contributed by atoms with Crippen LogP contribution < -0.4 is 9.47 Å². The number of ether oxygens (including phenoxy) is 4. The van der Waals surface area contributed by atoms with E-state index in [0.717, 1.165) is 11.1 Å². The zero-order chi connectivity index (χ0) is 25.3. The molecule has 0 saturated heterocycles. The Kier molecular flexibility index (Phi) is 8.71. The molecule has 2 atom stereocenters. The molecular formula is C28H28ClNO6. The minimum Gasteiger partial charge on any atom is -0.486 e. The average Bonchev–Trinajstić information content (AvgIpc) is 3.30. The van der Waals surface area contributed by atoms with Crippen molar-refractivity contribution in [2.24, 2.45) is 0 Å². The molecular weight excluding hydrogens is 482 g/mol. The molecule has 8 heteroatoms. The van der Waals surface area contributed by atoms with Crippen LogP contribution in [-0.4, -0.2) is 42.4 Å². The Labute approximate surface area is 215 Å². The van der Waals surface area contributed by atoms with Gasteiger partial charge in [-0.25, -0.2) is 0 Å². The van der Waals surface area contributed by atoms with E-state index >= 15 is 0 Å². The molecule has 0 aliphatic carbocycles. The molecule has 0 saturated carbocycles. The highest BCUT2D eigenvalue weighted by atomic mass is 35.5. The van der Waals surface area contributed by atoms with E-state index in [0.29, 0.717) is 41.9 Å². The number of rotatable bonds is 12. The van der Waals surface area contributed by atoms with Crippen molar-refractivity contribution in [3.05, 3.63) is 107 Å². The zero-order valence-electron chi connectivity index (χ0n) is 19.9. The van der Waals surface area contributed by atoms with Crippen LogP contribution in [0.2, 0.25) is 5.02 Å². The summed E-state index contributed by atoms with van der Waals surface area (Å²) in [6, 6.07) is 24.6. The Bertz CT molecular complexity index is 1150. The van der Waals surface area contributed by atoms with Crippen molar-refractivity contribution >= 4 is 17.6 Å². The van der Waals surface area contributed by atoms with Crippen molar-refractivity contribution in [1.82, 2.24) is 4.90 Å². The Balaban J connectivity index is 1.34. The third-order valence-corrected chi connectivity index (χ3v) is 5.80. The number of halogens is 1. The Morgan fingerprint density at radius 3 is 2.42 bits per heavy atom. The largest absolute Gasteiger partial charge is 0.486 e. The molecule has 2 unspecified atom stereocenters. The molecule has 3 aromatic rings. The average molecular weight is 510 g/mol. The zero-order valence-corrected chi connectivity index (χ0v) is 20.6. The molecule has 0 fully saturated rings. The molecule has 0 spiro atoms. The van der Waals surface area contributed by atoms with Gasteiger partial charge in [0.2, 0.25) is 6.29 Å². The van der Waals surface area contributed by atoms with Crippen LogP contribution in [0, 0.1) is 0 Å². The summed E-state index contributed by atoms with van der Waals surface area (Å²) in [5.74, 6) is 0.671. The highest BCUT2D eigenvalue weighted by molar-refractivity contribution is 6.30. The lowest BCUT2D eigenvalue weighted by atomic mass is 10.1. The van der Waals surface area contributed by atoms with Crippen molar-refractivity contribution in [3.8, 4) is 11.5 Å². The summed E-state index contributed by atoms with van der Waals surface area (Å²) in [5, 5.41) is 9.66. The first-order valence-electron chi connectivity index (χ1n) is 11.6. The van der Waals surface area contributed by atoms with Gasteiger partial charge in [0.1, 0.15) is 17.6 Å². The standard InChI is InChI=1S/C28H28ClNO6/c1-30(18-26(31)32)16-15-25(21-7-9-22(29)10-8-21)34-23-11-13-24(14-12-23)35-28-19-33-27(36-28)17-20-5-3-2-4-6-20/h2-14,19,25,27H,15-18H2,1H3,(H,31,32). The van der Waals surface area contributed by atoms with Crippen LogP contribution in [0.25, 0.3) is 0 Å². The van der Waals surface area contributed by atoms with Crippen LogP contribution >= 0.6 is 11.6 Å². The SMILES string of the molecule is CN(CCC(Oc1ccc(OC2=COC(Cc3ccccc3)O2)cc1)c1ccc(Cl)cc1)CC(=O)O. The molecule has 4 rings (SSSR count). The summed E-state index contributed by atoms with van der Waals surface area (Å²) >= 11 is 6.05. The summed E-state index contributed by atoms with van der Waals surface area (Å²) in [6.45, 7) is 0.518. The summed E-state index contributed by atoms with van der Waals surface area (Å²) in [4.78, 5) is 12.7. The predicted octanol–water partition coefficient (Wildman–Crippen LogP) is 5.66. The molecule has 36 heavy (non-hydrogen) atoms. The Morgan fingerprint density at radius 2 is 1.72 bits per heavy atom. The van der Waals surface area contributed by atoms with Crippen LogP contribution in [0.4, 0.5) is 0 Å². The summed E-state index contributed by atoms with van der Waals surface area (Å²) in [6.07, 6.45) is 1.99. The van der Waals surface area contributed by atoms with Crippen LogP contribution in [0.5, 0.6) is 11.5 Å². The lowest BCUT2D eigenvalue weighted by Gasteiger charge is -2.23. The highest BCUT2D eigenvalue weighted by Gasteiger charge is 2.22. The smallest absolute Gasteiger partial charge is 0.324 e. The predicted molar refractivity (Wildman–Crippen MR) is 136 cm³/mol. The van der Waals surface area contributed by atoms with Crippen LogP contribution in [0.3, 0.4) is 0 Å². The minimum absolute atomic E-state index is 0.0345. The van der Waals surface area contributed by atoms with Gasteiger partial charge in [0, 0.05) is 24.4 Å². The maximum Gasteiger partial charge on any atom is 0.324 e. The maximum absolute atomic E-state index is 11.0. The van der Waals surface area contributed by atoms with E-state index in [1.165, 1.54) is 6.26 Å². The number of hydrogen-bond donors (Lipinski definition) is 1. The van der Waals surface area contributed by atoms with Crippen molar-refractivity contribution < 1.29 is 28.8 Å². The molecule has 1 heterocycles. The van der Waals surface area contributed by atoms with E-state index in [9.17, 15) is 4.79 Å². The number of likely N-dealkylation sites (N-methyl/N-ethyl adjacent to an activating group) is 1. The van der Waals surface area contributed by atoms with Crippen molar-refractivity contribution in [2.45, 2.75) is 25.2 Å². The number of hydrogen-bond acceptors (Lipinski definition) is 6. The van der Waals surface area contributed by atoms with Gasteiger partial charge in [-0.1, -0.05) is 54.1 Å². The van der Waals surface area contributed by atoms with E-state index in [4.69, 9.17) is 35.7 Å². The van der Waals surface area contributed by atoms with Gasteiger partial charge in [0.25, 0.3) is 0 Å². The molecule has 0 bridgehead atoms. The molecule has 1 aliphatic heterocycles. The summed E-state index contributed by atoms with van der Waals surface area (Å²) in [5.41, 5.74) is 2.07. The molecule has 0 radical (unpaired) electrons. The van der Waals surface area contributed by atoms with Gasteiger partial charge in [-0.05, 0) is 54.6 Å². The second-order valence-electron chi connectivity index (χ2n) is 8.46. The Hall–Kier alpha value is -3.68. The second-order valence-corrected chi connectivity index (χ2v) is 8.90. The van der Waals surface area contributed by atoms with Crippen molar-refractivity contribution in [2.75, 3.05) is 20.1 Å². The molecule has 0 aromatic heterocycles. The quantitative estimate of drug-likeness (QED) is 0.337. The monoisotopic (exact) mass is 509 g/mol. The molecule has 3 aromatic carbocycles. The van der Waals surface area contributed by atoms with Crippen LogP contribution in [0.15, 0.2) is 91.1 Å². The minimum atomic E-state index is -0.866. The van der Waals surface area contributed by atoms with E-state index < -0.39 is 12.3 Å². The number of benzene rings is 3. The summed E-state index contributed by atoms with van der Waals surface area (Å²) < 4.78 is 23.4. The van der Waals surface area contributed by atoms with Crippen LogP contribution in [0.1, 0.15) is 23.7 Å². The van der Waals surface area contributed by atoms with Gasteiger partial charge < -0.3 is 24.1 Å². The first-order valence-corrected chi connectivity index (χ1v) is 12.0. The lowest BCUT2D eigenvalue weighted by molar-refractivity contribution is -0.138. The maximum atomic E-state index is 11.0. The normalized spacial score (nSPS) is 15.5. The molecule has 188 valence electrons. The number of aliphatic carboxylic acids is 1. The number of carbonyl (C=O) groups is 1. The highest BCUT2D eigenvalue weighted by Crippen LogP contribution is 2.29. The van der Waals surface area contributed by atoms with E-state index in [1.807, 2.05) is 66.7 Å². The van der Waals surface area contributed by atoms with Crippen molar-refractivity contribution in [3.63, 3.8) is 0 Å². The van der Waals surface area contributed by atoms with Gasteiger partial charge in [-0.3, -0.25) is 9.69 Å². The summed E-state index contributed by atoms with van der Waals surface area (Å²) in [7, 11) is 1.77. The Morgan fingerprint density at radius 1 is 1.03 bits per heavy atom. The first kappa shape index (κ1) is 25.4. The second kappa shape index (κ2) is 12.3. The van der Waals surface area contributed by atoms with Gasteiger partial charge in [-0.2, -0.15) is 0 Å². The fraction of sp³-hybridized carbons (Fsp3) is 0.250. The lowest BCUT2D eigenvalue weighted by Crippen LogP contribution is -2.28. The molecule has 1 aliphatic rings. The fourth-order valence-corrected chi connectivity index (χ4v) is 3.87. The number of carboxylic acid groups (broad SMARTS) is 1. The van der Waals surface area contributed by atoms with Gasteiger partial charge >= 0.3 is 11.9 Å². The van der Waals surface area contributed by atoms with E-state index in [-0.39, 0.29) is 12.6 Å². The van der Waals surface area contributed by atoms with E-state index in [2.05, 4.69) is 0 Å². The molecule has 7 nitrogen and oxygen atoms in total. The van der Waals surface area contributed by atoms with Crippen molar-refractivity contribution in [1.29, 1.82) is 0 Å². The topological polar surface area (TPSA) is 77.5 Å².